The molecule has 0 aromatic rings. The van der Waals surface area contributed by atoms with E-state index in [9.17, 15) is 25.0 Å². The van der Waals surface area contributed by atoms with Gasteiger partial charge in [0.15, 0.2) is 0 Å². The van der Waals surface area contributed by atoms with Gasteiger partial charge in [-0.2, -0.15) is 0 Å². The Bertz CT molecular complexity index is 484. The van der Waals surface area contributed by atoms with Crippen LogP contribution >= 0.6 is 0 Å². The summed E-state index contributed by atoms with van der Waals surface area (Å²) in [5.41, 5.74) is 1.22. The molecule has 0 aromatic heterocycles. The van der Waals surface area contributed by atoms with Crippen LogP contribution in [0.25, 0.3) is 0 Å². The molecule has 0 spiro atoms. The fourth-order valence-electron chi connectivity index (χ4n) is 1.59. The van der Waals surface area contributed by atoms with E-state index in [-0.39, 0.29) is 13.2 Å². The van der Waals surface area contributed by atoms with Crippen molar-refractivity contribution in [3.63, 3.8) is 0 Å². The Morgan fingerprint density at radius 1 is 1.04 bits per heavy atom. The van der Waals surface area contributed by atoms with E-state index >= 15 is 0 Å². The van der Waals surface area contributed by atoms with Gasteiger partial charge in [0.2, 0.25) is 0 Å². The summed E-state index contributed by atoms with van der Waals surface area (Å²) in [6.45, 7) is 1.49. The first-order chi connectivity index (χ1) is 11.0. The van der Waals surface area contributed by atoms with Gasteiger partial charge in [0.05, 0.1) is 0 Å². The highest BCUT2D eigenvalue weighted by atomic mass is 17.0. The lowest BCUT2D eigenvalue weighted by atomic mass is 10.1. The van der Waals surface area contributed by atoms with Gasteiger partial charge in [0.1, 0.15) is 19.5 Å². The van der Waals surface area contributed by atoms with Crippen LogP contribution in [0.2, 0.25) is 0 Å². The van der Waals surface area contributed by atoms with Crippen molar-refractivity contribution in [3.8, 4) is 0 Å². The molecule has 0 radical (unpaired) electrons. The van der Waals surface area contributed by atoms with E-state index < -0.39 is 10.2 Å². The second kappa shape index (κ2) is 13.0. The summed E-state index contributed by atoms with van der Waals surface area (Å²) in [5, 5.41) is 18.7. The quantitative estimate of drug-likeness (QED) is 0.127. The van der Waals surface area contributed by atoms with Crippen molar-refractivity contribution < 1.29 is 24.6 Å². The Morgan fingerprint density at radius 3 is 2.26 bits per heavy atom. The second-order valence-corrected chi connectivity index (χ2v) is 4.39. The number of carbonyl (C=O) groups is 1. The molecule has 0 heterocycles. The van der Waals surface area contributed by atoms with Crippen molar-refractivity contribution in [2.75, 3.05) is 13.2 Å². The van der Waals surface area contributed by atoms with Crippen molar-refractivity contribution >= 4 is 6.29 Å². The zero-order chi connectivity index (χ0) is 17.5. The van der Waals surface area contributed by atoms with Gasteiger partial charge >= 0.3 is 0 Å². The topological polar surface area (TPSA) is 122 Å². The molecule has 0 aliphatic rings. The molecule has 0 saturated heterocycles. The van der Waals surface area contributed by atoms with Crippen LogP contribution in [-0.2, 0) is 14.5 Å². The molecule has 9 heteroatoms. The SMILES string of the molecule is CC/C=C(\CC=C(/C=C/CCC=O)CO[N+](=O)[O-])CO[N+](=O)[O-]. The first-order valence-electron chi connectivity index (χ1n) is 7.01. The van der Waals surface area contributed by atoms with Gasteiger partial charge in [-0.05, 0) is 30.4 Å². The van der Waals surface area contributed by atoms with Crippen LogP contribution in [0.3, 0.4) is 0 Å². The third kappa shape index (κ3) is 12.7. The zero-order valence-electron chi connectivity index (χ0n) is 12.9. The number of hydrogen-bond acceptors (Lipinski definition) is 7. The van der Waals surface area contributed by atoms with Gasteiger partial charge in [-0.15, -0.1) is 20.2 Å². The molecular formula is C14H20N2O7. The number of allylic oxidation sites excluding steroid dienone is 3. The summed E-state index contributed by atoms with van der Waals surface area (Å²) in [4.78, 5) is 39.4. The van der Waals surface area contributed by atoms with Crippen molar-refractivity contribution in [3.05, 3.63) is 55.7 Å². The first-order valence-corrected chi connectivity index (χ1v) is 7.01. The Hall–Kier alpha value is -2.71. The molecule has 0 bridgehead atoms. The molecule has 0 atom stereocenters. The maximum Gasteiger partial charge on any atom is 0.294 e. The molecule has 0 aliphatic heterocycles. The van der Waals surface area contributed by atoms with E-state index in [1.165, 1.54) is 0 Å². The standard InChI is InChI=1S/C14H20N2O7/c1-2-6-13(11-22-15(18)19)8-9-14(12-23-16(20)21)7-4-3-5-10-17/h4,6-7,9-10H,2-3,5,8,11-12H2,1H3/b7-4+,13-6+,14-9?. The molecule has 0 aliphatic carbocycles. The third-order valence-electron chi connectivity index (χ3n) is 2.59. The molecule has 0 fully saturated rings. The van der Waals surface area contributed by atoms with Crippen LogP contribution in [-0.4, -0.2) is 29.7 Å². The average molecular weight is 328 g/mol. The van der Waals surface area contributed by atoms with Crippen molar-refractivity contribution in [2.45, 2.75) is 32.6 Å². The summed E-state index contributed by atoms with van der Waals surface area (Å²) >= 11 is 0. The lowest BCUT2D eigenvalue weighted by Gasteiger charge is -2.05. The zero-order valence-corrected chi connectivity index (χ0v) is 12.9. The lowest BCUT2D eigenvalue weighted by Crippen LogP contribution is -2.06. The van der Waals surface area contributed by atoms with E-state index in [0.717, 1.165) is 6.29 Å². The predicted octanol–water partition coefficient (Wildman–Crippen LogP) is 2.59. The summed E-state index contributed by atoms with van der Waals surface area (Å²) in [7, 11) is 0. The molecule has 0 saturated carbocycles. The first kappa shape index (κ1) is 20.3. The molecule has 0 unspecified atom stereocenters. The van der Waals surface area contributed by atoms with E-state index in [4.69, 9.17) is 0 Å². The fourth-order valence-corrected chi connectivity index (χ4v) is 1.59. The minimum atomic E-state index is -0.897. The summed E-state index contributed by atoms with van der Waals surface area (Å²) in [5.74, 6) is 0. The van der Waals surface area contributed by atoms with Crippen molar-refractivity contribution in [1.29, 1.82) is 0 Å². The van der Waals surface area contributed by atoms with Crippen LogP contribution in [0.15, 0.2) is 35.5 Å². The largest absolute Gasteiger partial charge is 0.309 e. The molecule has 0 amide bonds. The Balaban J connectivity index is 4.80. The van der Waals surface area contributed by atoms with Crippen LogP contribution < -0.4 is 0 Å². The molecule has 0 N–H and O–H groups in total. The molecule has 128 valence electrons. The summed E-state index contributed by atoms with van der Waals surface area (Å²) in [6.07, 6.45) is 9.48. The molecule has 0 rings (SSSR count). The van der Waals surface area contributed by atoms with Gasteiger partial charge in [-0.3, -0.25) is 0 Å². The van der Waals surface area contributed by atoms with E-state index in [2.05, 4.69) is 9.68 Å². The van der Waals surface area contributed by atoms with Crippen molar-refractivity contribution in [2.24, 2.45) is 0 Å². The number of carbonyl (C=O) groups excluding carboxylic acids is 1. The highest BCUT2D eigenvalue weighted by Gasteiger charge is 2.02. The van der Waals surface area contributed by atoms with E-state index in [1.807, 2.05) is 6.92 Å². The fraction of sp³-hybridized carbons (Fsp3) is 0.500. The highest BCUT2D eigenvalue weighted by molar-refractivity contribution is 5.49. The van der Waals surface area contributed by atoms with Crippen molar-refractivity contribution in [1.82, 2.24) is 0 Å². The number of aldehydes is 1. The van der Waals surface area contributed by atoms with Gasteiger partial charge in [-0.1, -0.05) is 31.2 Å². The normalized spacial score (nSPS) is 12.2. The van der Waals surface area contributed by atoms with E-state index in [0.29, 0.717) is 36.8 Å². The van der Waals surface area contributed by atoms with Gasteiger partial charge in [0.25, 0.3) is 10.2 Å². The van der Waals surface area contributed by atoms with Crippen LogP contribution in [0.1, 0.15) is 32.6 Å². The van der Waals surface area contributed by atoms with Crippen LogP contribution in [0.5, 0.6) is 0 Å². The Morgan fingerprint density at radius 2 is 1.70 bits per heavy atom. The summed E-state index contributed by atoms with van der Waals surface area (Å²) < 4.78 is 0. The Kier molecular flexibility index (Phi) is 11.5. The molecular weight excluding hydrogens is 308 g/mol. The van der Waals surface area contributed by atoms with Gasteiger partial charge in [0, 0.05) is 6.42 Å². The van der Waals surface area contributed by atoms with Gasteiger partial charge < -0.3 is 14.5 Å². The molecule has 9 nitrogen and oxygen atoms in total. The number of nitrogens with zero attached hydrogens (tertiary/aromatic N) is 2. The Labute approximate surface area is 133 Å². The van der Waals surface area contributed by atoms with E-state index in [1.54, 1.807) is 24.3 Å². The minimum Gasteiger partial charge on any atom is -0.309 e. The maximum atomic E-state index is 10.3. The number of hydrogen-bond donors (Lipinski definition) is 0. The maximum absolute atomic E-state index is 10.3. The molecule has 23 heavy (non-hydrogen) atoms. The average Bonchev–Trinajstić information content (AvgIpc) is 2.50. The lowest BCUT2D eigenvalue weighted by molar-refractivity contribution is -0.755. The molecule has 0 aromatic carbocycles. The smallest absolute Gasteiger partial charge is 0.294 e. The minimum absolute atomic E-state index is 0.157. The monoisotopic (exact) mass is 328 g/mol. The number of unbranched alkanes of at least 4 members (excludes halogenated alkanes) is 1. The van der Waals surface area contributed by atoms with Crippen LogP contribution in [0.4, 0.5) is 0 Å². The second-order valence-electron chi connectivity index (χ2n) is 4.39. The highest BCUT2D eigenvalue weighted by Crippen LogP contribution is 2.10. The summed E-state index contributed by atoms with van der Waals surface area (Å²) in [6, 6.07) is 0. The van der Waals surface area contributed by atoms with Crippen LogP contribution in [0, 0.1) is 20.2 Å². The third-order valence-corrected chi connectivity index (χ3v) is 2.59. The number of rotatable bonds is 13. The predicted molar refractivity (Wildman–Crippen MR) is 81.4 cm³/mol. The van der Waals surface area contributed by atoms with Gasteiger partial charge in [-0.25, -0.2) is 0 Å².